The van der Waals surface area contributed by atoms with Crippen LogP contribution in [0.15, 0.2) is 30.5 Å². The Morgan fingerprint density at radius 2 is 2.04 bits per heavy atom. The Morgan fingerprint density at radius 1 is 1.29 bits per heavy atom. The summed E-state index contributed by atoms with van der Waals surface area (Å²) in [5, 5.41) is 19.1. The van der Waals surface area contributed by atoms with E-state index in [1.807, 2.05) is 30.5 Å². The van der Waals surface area contributed by atoms with Gasteiger partial charge in [0.05, 0.1) is 12.0 Å². The van der Waals surface area contributed by atoms with E-state index >= 15 is 0 Å². The lowest BCUT2D eigenvalue weighted by atomic mass is 9.96. The molecule has 128 valence electrons. The number of thiocarbonyl (C=S) groups is 1. The van der Waals surface area contributed by atoms with Crippen LogP contribution in [0.25, 0.3) is 10.9 Å². The molecule has 1 aromatic heterocycles. The van der Waals surface area contributed by atoms with Crippen molar-refractivity contribution in [1.82, 2.24) is 15.6 Å². The average molecular weight is 344 g/mol. The van der Waals surface area contributed by atoms with Gasteiger partial charge >= 0.3 is 0 Å². The van der Waals surface area contributed by atoms with Gasteiger partial charge in [-0.1, -0.05) is 37.5 Å². The number of nitrogens with one attached hydrogen (secondary N) is 3. The summed E-state index contributed by atoms with van der Waals surface area (Å²) >= 11 is 5.30. The van der Waals surface area contributed by atoms with Crippen LogP contribution in [0.4, 0.5) is 0 Å². The van der Waals surface area contributed by atoms with E-state index in [1.54, 1.807) is 0 Å². The van der Waals surface area contributed by atoms with Gasteiger partial charge in [-0.25, -0.2) is 0 Å². The van der Waals surface area contributed by atoms with Crippen LogP contribution in [0.5, 0.6) is 0 Å². The van der Waals surface area contributed by atoms with Crippen molar-refractivity contribution in [2.45, 2.75) is 50.6 Å². The minimum absolute atomic E-state index is 0.318. The van der Waals surface area contributed by atoms with Crippen LogP contribution >= 0.6 is 12.2 Å². The Morgan fingerprint density at radius 3 is 2.79 bits per heavy atom. The second-order valence-electron chi connectivity index (χ2n) is 6.39. The molecular formula is C18H22N3O2S-. The topological polar surface area (TPSA) is 80.0 Å². The first-order chi connectivity index (χ1) is 11.6. The molecule has 1 atom stereocenters. The van der Waals surface area contributed by atoms with Crippen LogP contribution in [0.1, 0.15) is 37.7 Å². The summed E-state index contributed by atoms with van der Waals surface area (Å²) in [7, 11) is 0. The fraction of sp³-hybridized carbons (Fsp3) is 0.444. The fourth-order valence-electron chi connectivity index (χ4n) is 3.35. The maximum absolute atomic E-state index is 11.5. The first-order valence-corrected chi connectivity index (χ1v) is 8.87. The number of carboxylic acid groups (broad SMARTS) is 1. The van der Waals surface area contributed by atoms with Crippen molar-refractivity contribution < 1.29 is 9.90 Å². The summed E-state index contributed by atoms with van der Waals surface area (Å²) in [6.45, 7) is 0. The van der Waals surface area contributed by atoms with Gasteiger partial charge in [0.25, 0.3) is 0 Å². The zero-order valence-corrected chi connectivity index (χ0v) is 14.3. The summed E-state index contributed by atoms with van der Waals surface area (Å²) in [5.74, 6) is -1.15. The molecule has 1 aliphatic rings. The van der Waals surface area contributed by atoms with Crippen LogP contribution < -0.4 is 15.7 Å². The first-order valence-electron chi connectivity index (χ1n) is 8.46. The summed E-state index contributed by atoms with van der Waals surface area (Å²) < 4.78 is 0. The number of benzene rings is 1. The number of hydrogen-bond acceptors (Lipinski definition) is 3. The lowest BCUT2D eigenvalue weighted by Gasteiger charge is -2.27. The first kappa shape index (κ1) is 16.8. The molecule has 5 nitrogen and oxygen atoms in total. The van der Waals surface area contributed by atoms with Gasteiger partial charge in [0.15, 0.2) is 5.11 Å². The molecule has 0 radical (unpaired) electrons. The lowest BCUT2D eigenvalue weighted by Crippen LogP contribution is -2.53. The van der Waals surface area contributed by atoms with Crippen molar-refractivity contribution in [2.24, 2.45) is 0 Å². The Hall–Kier alpha value is -2.08. The molecule has 0 bridgehead atoms. The Balaban J connectivity index is 1.64. The minimum Gasteiger partial charge on any atom is -0.548 e. The molecule has 1 saturated carbocycles. The number of hydrogen-bond donors (Lipinski definition) is 3. The minimum atomic E-state index is -1.15. The molecule has 1 fully saturated rings. The number of aromatic nitrogens is 1. The van der Waals surface area contributed by atoms with E-state index in [2.05, 4.69) is 15.6 Å². The Labute approximate surface area is 146 Å². The van der Waals surface area contributed by atoms with Crippen LogP contribution in [-0.4, -0.2) is 28.1 Å². The number of rotatable bonds is 5. The van der Waals surface area contributed by atoms with Gasteiger partial charge in [0.2, 0.25) is 0 Å². The molecule has 3 rings (SSSR count). The van der Waals surface area contributed by atoms with Gasteiger partial charge in [-0.15, -0.1) is 0 Å². The fourth-order valence-corrected chi connectivity index (χ4v) is 3.65. The molecule has 0 aliphatic heterocycles. The van der Waals surface area contributed by atoms with Gasteiger partial charge in [0, 0.05) is 29.6 Å². The highest BCUT2D eigenvalue weighted by Gasteiger charge is 2.18. The Kier molecular flexibility index (Phi) is 5.35. The summed E-state index contributed by atoms with van der Waals surface area (Å²) in [4.78, 5) is 14.7. The van der Waals surface area contributed by atoms with Crippen molar-refractivity contribution in [2.75, 3.05) is 0 Å². The maximum atomic E-state index is 11.5. The molecule has 0 unspecified atom stereocenters. The number of para-hydroxylation sites is 1. The van der Waals surface area contributed by atoms with E-state index in [-0.39, 0.29) is 0 Å². The molecular weight excluding hydrogens is 322 g/mol. The molecule has 0 spiro atoms. The third-order valence-corrected chi connectivity index (χ3v) is 4.86. The van der Waals surface area contributed by atoms with E-state index in [0.717, 1.165) is 29.3 Å². The van der Waals surface area contributed by atoms with Crippen molar-refractivity contribution in [3.8, 4) is 0 Å². The monoisotopic (exact) mass is 344 g/mol. The van der Waals surface area contributed by atoms with E-state index < -0.39 is 12.0 Å². The van der Waals surface area contributed by atoms with Gasteiger partial charge in [-0.2, -0.15) is 0 Å². The Bertz CT molecular complexity index is 722. The standard InChI is InChI=1S/C18H23N3O2S/c22-17(23)16(21-18(24)20-13-6-2-1-3-7-13)10-12-11-19-15-9-5-4-8-14(12)15/h4-5,8-9,11,13,16,19H,1-3,6-7,10H2,(H,22,23)(H2,20,21,24)/p-1/t16-/m1/s1. The highest BCUT2D eigenvalue weighted by atomic mass is 32.1. The van der Waals surface area contributed by atoms with Gasteiger partial charge in [-0.3, -0.25) is 0 Å². The van der Waals surface area contributed by atoms with Crippen LogP contribution in [0.2, 0.25) is 0 Å². The SMILES string of the molecule is O=C([O-])[C@@H](Cc1c[nH]c2ccccc12)NC(=S)NC1CCCCC1. The van der Waals surface area contributed by atoms with Crippen molar-refractivity contribution in [3.05, 3.63) is 36.0 Å². The molecule has 24 heavy (non-hydrogen) atoms. The largest absolute Gasteiger partial charge is 0.548 e. The lowest BCUT2D eigenvalue weighted by molar-refractivity contribution is -0.308. The third kappa shape index (κ3) is 4.06. The molecule has 1 aromatic carbocycles. The van der Waals surface area contributed by atoms with Crippen LogP contribution in [0, 0.1) is 0 Å². The van der Waals surface area contributed by atoms with Crippen molar-refractivity contribution in [3.63, 3.8) is 0 Å². The number of H-pyrrole nitrogens is 1. The molecule has 6 heteroatoms. The molecule has 0 amide bonds. The van der Waals surface area contributed by atoms with Gasteiger partial charge < -0.3 is 25.5 Å². The highest BCUT2D eigenvalue weighted by molar-refractivity contribution is 7.80. The summed E-state index contributed by atoms with van der Waals surface area (Å²) in [6.07, 6.45) is 7.99. The van der Waals surface area contributed by atoms with E-state index in [9.17, 15) is 9.90 Å². The number of aliphatic carboxylic acids is 1. The summed E-state index contributed by atoms with van der Waals surface area (Å²) in [6, 6.07) is 7.32. The molecule has 1 heterocycles. The van der Waals surface area contributed by atoms with E-state index in [1.165, 1.54) is 19.3 Å². The second-order valence-corrected chi connectivity index (χ2v) is 6.80. The maximum Gasteiger partial charge on any atom is 0.167 e. The van der Waals surface area contributed by atoms with Crippen molar-refractivity contribution >= 4 is 34.2 Å². The quantitative estimate of drug-likeness (QED) is 0.719. The van der Waals surface area contributed by atoms with Crippen LogP contribution in [0.3, 0.4) is 0 Å². The predicted molar refractivity (Wildman–Crippen MR) is 96.5 cm³/mol. The molecule has 2 aromatic rings. The van der Waals surface area contributed by atoms with Crippen molar-refractivity contribution in [1.29, 1.82) is 0 Å². The number of carbonyl (C=O) groups is 1. The average Bonchev–Trinajstić information content (AvgIpc) is 2.98. The number of carbonyl (C=O) groups excluding carboxylic acids is 1. The highest BCUT2D eigenvalue weighted by Crippen LogP contribution is 2.19. The number of aromatic amines is 1. The zero-order chi connectivity index (χ0) is 16.9. The van der Waals surface area contributed by atoms with Crippen LogP contribution in [-0.2, 0) is 11.2 Å². The van der Waals surface area contributed by atoms with Gasteiger partial charge in [0.1, 0.15) is 0 Å². The normalized spacial score (nSPS) is 16.7. The number of carboxylic acids is 1. The smallest absolute Gasteiger partial charge is 0.167 e. The van der Waals surface area contributed by atoms with E-state index in [0.29, 0.717) is 17.6 Å². The molecule has 0 saturated heterocycles. The number of fused-ring (bicyclic) bond motifs is 1. The predicted octanol–water partition coefficient (Wildman–Crippen LogP) is 1.63. The zero-order valence-electron chi connectivity index (χ0n) is 13.5. The summed E-state index contributed by atoms with van der Waals surface area (Å²) in [5.41, 5.74) is 1.93. The third-order valence-electron chi connectivity index (χ3n) is 4.63. The molecule has 3 N–H and O–H groups in total. The van der Waals surface area contributed by atoms with Gasteiger partial charge in [-0.05, 0) is 36.7 Å². The van der Waals surface area contributed by atoms with E-state index in [4.69, 9.17) is 12.2 Å². The molecule has 1 aliphatic carbocycles. The second kappa shape index (κ2) is 7.66.